The van der Waals surface area contributed by atoms with Crippen molar-refractivity contribution in [1.82, 2.24) is 19.8 Å². The Labute approximate surface area is 180 Å². The average molecular weight is 450 g/mol. The Morgan fingerprint density at radius 1 is 1.21 bits per heavy atom. The Kier molecular flexibility index (Phi) is 5.62. The number of likely N-dealkylation sites (tertiary alicyclic amines) is 1. The maximum atomic E-state index is 4.93. The standard InChI is InChI=1S/C23H24BrN5/c1-16-13-22(21-10-11-25-15-26-21)27-23(28(16)3)29-12-4-5-19(14-29)17(2)18-6-8-20(24)9-7-18/h6-11,13,15,19H,1-2,4-5,12,14H2,3H3. The van der Waals surface area contributed by atoms with Crippen molar-refractivity contribution in [2.24, 2.45) is 10.9 Å². The first kappa shape index (κ1) is 19.6. The van der Waals surface area contributed by atoms with E-state index in [1.165, 1.54) is 11.1 Å². The number of likely N-dealkylation sites (N-methyl/N-ethyl adjacent to an activating group) is 1. The number of aliphatic imine (C=N–C) groups is 1. The van der Waals surface area contributed by atoms with Crippen LogP contribution in [0.25, 0.3) is 11.3 Å². The zero-order valence-corrected chi connectivity index (χ0v) is 18.1. The van der Waals surface area contributed by atoms with Crippen molar-refractivity contribution in [2.75, 3.05) is 20.1 Å². The average Bonchev–Trinajstić information content (AvgIpc) is 2.76. The summed E-state index contributed by atoms with van der Waals surface area (Å²) >= 11 is 3.51. The van der Waals surface area contributed by atoms with Gasteiger partial charge in [-0.3, -0.25) is 0 Å². The highest BCUT2D eigenvalue weighted by molar-refractivity contribution is 9.10. The number of hydrogen-bond acceptors (Lipinski definition) is 5. The summed E-state index contributed by atoms with van der Waals surface area (Å²) in [7, 11) is 2.02. The largest absolute Gasteiger partial charge is 0.342 e. The minimum atomic E-state index is 0.391. The molecule has 0 bridgehead atoms. The molecule has 1 unspecified atom stereocenters. The van der Waals surface area contributed by atoms with Gasteiger partial charge >= 0.3 is 0 Å². The molecular weight excluding hydrogens is 426 g/mol. The van der Waals surface area contributed by atoms with E-state index >= 15 is 0 Å². The molecule has 2 aliphatic rings. The van der Waals surface area contributed by atoms with E-state index in [0.29, 0.717) is 5.92 Å². The van der Waals surface area contributed by atoms with Crippen LogP contribution in [0.15, 0.2) is 77.3 Å². The van der Waals surface area contributed by atoms with Crippen LogP contribution < -0.4 is 0 Å². The van der Waals surface area contributed by atoms with E-state index in [9.17, 15) is 0 Å². The second-order valence-electron chi connectivity index (χ2n) is 7.40. The monoisotopic (exact) mass is 449 g/mol. The molecule has 4 rings (SSSR count). The number of rotatable bonds is 3. The van der Waals surface area contributed by atoms with Crippen LogP contribution in [0.1, 0.15) is 24.1 Å². The summed E-state index contributed by atoms with van der Waals surface area (Å²) in [5, 5.41) is 0. The minimum Gasteiger partial charge on any atom is -0.342 e. The molecule has 2 aromatic rings. The van der Waals surface area contributed by atoms with Crippen molar-refractivity contribution in [1.29, 1.82) is 0 Å². The molecule has 0 aliphatic carbocycles. The molecule has 0 radical (unpaired) electrons. The maximum Gasteiger partial charge on any atom is 0.206 e. The molecule has 1 atom stereocenters. The first-order valence-electron chi connectivity index (χ1n) is 9.72. The topological polar surface area (TPSA) is 44.6 Å². The lowest BCUT2D eigenvalue weighted by atomic mass is 9.87. The van der Waals surface area contributed by atoms with Gasteiger partial charge in [-0.1, -0.05) is 41.2 Å². The van der Waals surface area contributed by atoms with Crippen molar-refractivity contribution >= 4 is 33.2 Å². The molecule has 0 saturated carbocycles. The quantitative estimate of drug-likeness (QED) is 0.673. The molecule has 1 aromatic heterocycles. The van der Waals surface area contributed by atoms with Crippen LogP contribution in [0.3, 0.4) is 0 Å². The van der Waals surface area contributed by atoms with E-state index in [0.717, 1.165) is 53.5 Å². The molecule has 5 nitrogen and oxygen atoms in total. The summed E-state index contributed by atoms with van der Waals surface area (Å²) in [5.74, 6) is 1.31. The maximum absolute atomic E-state index is 4.93. The SMILES string of the molecule is C=C(c1ccc(Br)cc1)C1CCCN(C2=NC(c3ccncn3)=CC(=C)N2C)C1. The summed E-state index contributed by atoms with van der Waals surface area (Å²) in [6, 6.07) is 10.3. The molecule has 148 valence electrons. The van der Waals surface area contributed by atoms with Crippen LogP contribution in [0.4, 0.5) is 0 Å². The van der Waals surface area contributed by atoms with E-state index in [1.54, 1.807) is 12.5 Å². The van der Waals surface area contributed by atoms with Gasteiger partial charge in [-0.15, -0.1) is 0 Å². The first-order valence-corrected chi connectivity index (χ1v) is 10.5. The Balaban J connectivity index is 1.57. The molecule has 1 saturated heterocycles. The molecule has 0 amide bonds. The number of hydrogen-bond donors (Lipinski definition) is 0. The van der Waals surface area contributed by atoms with Gasteiger partial charge in [-0.05, 0) is 48.3 Å². The van der Waals surface area contributed by atoms with Crippen molar-refractivity contribution in [3.05, 3.63) is 83.5 Å². The lowest BCUT2D eigenvalue weighted by molar-refractivity contribution is 0.275. The predicted molar refractivity (Wildman–Crippen MR) is 122 cm³/mol. The van der Waals surface area contributed by atoms with Crippen molar-refractivity contribution in [2.45, 2.75) is 12.8 Å². The highest BCUT2D eigenvalue weighted by Gasteiger charge is 2.29. The zero-order chi connectivity index (χ0) is 20.4. The predicted octanol–water partition coefficient (Wildman–Crippen LogP) is 4.82. The number of halogens is 1. The van der Waals surface area contributed by atoms with Gasteiger partial charge in [0.1, 0.15) is 6.33 Å². The van der Waals surface area contributed by atoms with Crippen LogP contribution in [0.5, 0.6) is 0 Å². The van der Waals surface area contributed by atoms with Crippen LogP contribution in [0.2, 0.25) is 0 Å². The van der Waals surface area contributed by atoms with Gasteiger partial charge in [0, 0.05) is 42.4 Å². The lowest BCUT2D eigenvalue weighted by Crippen LogP contribution is -2.47. The third-order valence-corrected chi connectivity index (χ3v) is 6.04. The zero-order valence-electron chi connectivity index (χ0n) is 16.6. The van der Waals surface area contributed by atoms with Crippen molar-refractivity contribution in [3.8, 4) is 0 Å². The van der Waals surface area contributed by atoms with Gasteiger partial charge in [0.05, 0.1) is 11.4 Å². The number of piperidine rings is 1. The van der Waals surface area contributed by atoms with Gasteiger partial charge in [-0.2, -0.15) is 0 Å². The van der Waals surface area contributed by atoms with E-state index in [2.05, 4.69) is 73.1 Å². The fourth-order valence-corrected chi connectivity index (χ4v) is 4.06. The number of allylic oxidation sites excluding steroid dienone is 1. The molecule has 6 heteroatoms. The molecule has 3 heterocycles. The van der Waals surface area contributed by atoms with Gasteiger partial charge in [0.2, 0.25) is 5.96 Å². The highest BCUT2D eigenvalue weighted by atomic mass is 79.9. The van der Waals surface area contributed by atoms with Gasteiger partial charge < -0.3 is 9.80 Å². The normalized spacial score (nSPS) is 19.7. The van der Waals surface area contributed by atoms with Gasteiger partial charge in [-0.25, -0.2) is 15.0 Å². The van der Waals surface area contributed by atoms with E-state index in [1.807, 2.05) is 19.2 Å². The summed E-state index contributed by atoms with van der Waals surface area (Å²) in [6.07, 6.45) is 7.49. The van der Waals surface area contributed by atoms with Crippen molar-refractivity contribution < 1.29 is 0 Å². The Bertz CT molecular complexity index is 978. The smallest absolute Gasteiger partial charge is 0.206 e. The van der Waals surface area contributed by atoms with Crippen molar-refractivity contribution in [3.63, 3.8) is 0 Å². The fraction of sp³-hybridized carbons (Fsp3) is 0.261. The minimum absolute atomic E-state index is 0.391. The van der Waals surface area contributed by atoms with Gasteiger partial charge in [0.25, 0.3) is 0 Å². The second-order valence-corrected chi connectivity index (χ2v) is 8.32. The van der Waals surface area contributed by atoms with E-state index in [4.69, 9.17) is 4.99 Å². The number of benzene rings is 1. The molecule has 1 aromatic carbocycles. The van der Waals surface area contributed by atoms with E-state index < -0.39 is 0 Å². The lowest BCUT2D eigenvalue weighted by Gasteiger charge is -2.40. The molecule has 0 spiro atoms. The van der Waals surface area contributed by atoms with Crippen LogP contribution in [-0.4, -0.2) is 45.9 Å². The number of aromatic nitrogens is 2. The fourth-order valence-electron chi connectivity index (χ4n) is 3.80. The van der Waals surface area contributed by atoms with Crippen LogP contribution in [-0.2, 0) is 0 Å². The summed E-state index contributed by atoms with van der Waals surface area (Å²) < 4.78 is 1.08. The van der Waals surface area contributed by atoms with Gasteiger partial charge in [0.15, 0.2) is 0 Å². The number of guanidine groups is 1. The summed E-state index contributed by atoms with van der Waals surface area (Å²) in [6.45, 7) is 10.5. The Morgan fingerprint density at radius 3 is 2.72 bits per heavy atom. The summed E-state index contributed by atoms with van der Waals surface area (Å²) in [5.41, 5.74) is 4.91. The molecule has 1 fully saturated rings. The highest BCUT2D eigenvalue weighted by Crippen LogP contribution is 2.32. The Hall–Kier alpha value is -2.73. The third-order valence-electron chi connectivity index (χ3n) is 5.51. The molecule has 2 aliphatic heterocycles. The Morgan fingerprint density at radius 2 is 2.00 bits per heavy atom. The third kappa shape index (κ3) is 4.17. The molecular formula is C23H24BrN5. The van der Waals surface area contributed by atoms with Crippen LogP contribution in [0, 0.1) is 5.92 Å². The first-order chi connectivity index (χ1) is 14.0. The number of nitrogens with zero attached hydrogens (tertiary/aromatic N) is 5. The molecule has 0 N–H and O–H groups in total. The van der Waals surface area contributed by atoms with Crippen LogP contribution >= 0.6 is 15.9 Å². The van der Waals surface area contributed by atoms with E-state index in [-0.39, 0.29) is 0 Å². The second kappa shape index (κ2) is 8.33. The molecule has 29 heavy (non-hydrogen) atoms. The summed E-state index contributed by atoms with van der Waals surface area (Å²) in [4.78, 5) is 17.7.